The van der Waals surface area contributed by atoms with Crippen LogP contribution in [-0.2, 0) is 4.74 Å². The predicted octanol–water partition coefficient (Wildman–Crippen LogP) is 0.213. The Balaban J connectivity index is 3.06. The summed E-state index contributed by atoms with van der Waals surface area (Å²) >= 11 is 0. The molecule has 0 saturated carbocycles. The van der Waals surface area contributed by atoms with Gasteiger partial charge in [0.25, 0.3) is 0 Å². The summed E-state index contributed by atoms with van der Waals surface area (Å²) in [6.45, 7) is 4.25. The Bertz CT molecular complexity index is 490. The summed E-state index contributed by atoms with van der Waals surface area (Å²) in [5, 5.41) is 0.878. The summed E-state index contributed by atoms with van der Waals surface area (Å²) in [5.74, 6) is 0. The van der Waals surface area contributed by atoms with E-state index in [1.807, 2.05) is 19.9 Å². The van der Waals surface area contributed by atoms with Gasteiger partial charge in [-0.25, -0.2) is 4.79 Å². The smallest absolute Gasteiger partial charge is 0.336 e. The molecule has 0 N–H and O–H groups in total. The second kappa shape index (κ2) is 6.33. The van der Waals surface area contributed by atoms with Gasteiger partial charge in [0.15, 0.2) is 0 Å². The molecule has 1 aromatic rings. The number of rotatable bonds is 4. The summed E-state index contributed by atoms with van der Waals surface area (Å²) in [4.78, 5) is 11.1. The van der Waals surface area contributed by atoms with E-state index in [4.69, 9.17) is 17.0 Å². The molecule has 3 nitrogen and oxygen atoms in total. The second-order valence-electron chi connectivity index (χ2n) is 3.39. The van der Waals surface area contributed by atoms with Gasteiger partial charge in [-0.15, -0.1) is 0 Å². The number of ether oxygens (including phenoxy) is 1. The molecule has 1 atom stereocenters. The van der Waals surface area contributed by atoms with Gasteiger partial charge in [-0.3, -0.25) is 0 Å². The van der Waals surface area contributed by atoms with Gasteiger partial charge in [-0.1, -0.05) is 12.4 Å². The molecule has 0 spiro atoms. The van der Waals surface area contributed by atoms with E-state index in [2.05, 4.69) is 0 Å². The van der Waals surface area contributed by atoms with Crippen LogP contribution in [0.25, 0.3) is 12.2 Å². The molecule has 0 aliphatic heterocycles. The largest absolute Gasteiger partial charge is 0.423 e. The Labute approximate surface area is 95.8 Å². The molecule has 0 aromatic carbocycles. The van der Waals surface area contributed by atoms with Gasteiger partial charge in [-0.05, 0) is 26.0 Å². The van der Waals surface area contributed by atoms with Crippen LogP contribution in [0.4, 0.5) is 0 Å². The molecule has 0 saturated heterocycles. The highest BCUT2D eigenvalue weighted by Crippen LogP contribution is 1.92. The van der Waals surface area contributed by atoms with Gasteiger partial charge in [0, 0.05) is 17.9 Å². The second-order valence-corrected chi connectivity index (χ2v) is 3.39. The van der Waals surface area contributed by atoms with Gasteiger partial charge in [0.05, 0.1) is 14.0 Å². The van der Waals surface area contributed by atoms with E-state index in [-0.39, 0.29) is 11.7 Å². The molecule has 1 unspecified atom stereocenters. The molecule has 0 aliphatic rings. The molecule has 4 heteroatoms. The lowest BCUT2D eigenvalue weighted by Gasteiger charge is -2.06. The number of hydrogen-bond acceptors (Lipinski definition) is 3. The Hall–Kier alpha value is -1.29. The maximum Gasteiger partial charge on any atom is 0.336 e. The van der Waals surface area contributed by atoms with Crippen molar-refractivity contribution in [2.75, 3.05) is 6.61 Å². The molecular weight excluding hydrogens is 203 g/mol. The van der Waals surface area contributed by atoms with Crippen molar-refractivity contribution < 1.29 is 9.15 Å². The molecule has 1 heterocycles. The quantitative estimate of drug-likeness (QED) is 0.678. The van der Waals surface area contributed by atoms with Crippen molar-refractivity contribution in [3.05, 3.63) is 33.2 Å². The fraction of sp³-hybridized carbons (Fsp3) is 0.417. The van der Waals surface area contributed by atoms with Gasteiger partial charge >= 0.3 is 5.63 Å². The maximum atomic E-state index is 11.1. The van der Waals surface area contributed by atoms with E-state index in [1.165, 1.54) is 6.07 Å². The first-order valence-corrected chi connectivity index (χ1v) is 5.27. The summed E-state index contributed by atoms with van der Waals surface area (Å²) in [6.07, 6.45) is 3.99. The van der Waals surface area contributed by atoms with Crippen molar-refractivity contribution in [2.45, 2.75) is 26.3 Å². The van der Waals surface area contributed by atoms with Crippen molar-refractivity contribution in [3.63, 3.8) is 0 Å². The van der Waals surface area contributed by atoms with Gasteiger partial charge in [0.2, 0.25) is 0 Å². The third-order valence-corrected chi connectivity index (χ3v) is 2.09. The van der Waals surface area contributed by atoms with Crippen LogP contribution in [0.15, 0.2) is 21.3 Å². The molecule has 84 valence electrons. The highest BCUT2D eigenvalue weighted by atomic mass is 16.5. The molecule has 2 radical (unpaired) electrons. The lowest BCUT2D eigenvalue weighted by atomic mass is 10.1. The van der Waals surface area contributed by atoms with E-state index in [9.17, 15) is 4.79 Å². The Morgan fingerprint density at radius 1 is 1.56 bits per heavy atom. The van der Waals surface area contributed by atoms with Crippen LogP contribution in [0.1, 0.15) is 13.8 Å². The fourth-order valence-electron chi connectivity index (χ4n) is 1.33. The van der Waals surface area contributed by atoms with Crippen LogP contribution < -0.4 is 16.3 Å². The molecule has 1 rings (SSSR count). The van der Waals surface area contributed by atoms with E-state index >= 15 is 0 Å². The van der Waals surface area contributed by atoms with E-state index in [0.29, 0.717) is 18.3 Å². The monoisotopic (exact) mass is 218 g/mol. The minimum atomic E-state index is -0.358. The fourth-order valence-corrected chi connectivity index (χ4v) is 1.33. The minimum absolute atomic E-state index is 0.132. The van der Waals surface area contributed by atoms with Crippen LogP contribution >= 0.6 is 0 Å². The standard InChI is InChI=1S/C12H15BO3/c1-3-10-4-5-12(14)16-11(10)8-9(2)15-7-6-13/h3-5,8-9H,6-7H2,1-2H3/b10-3-,11-8+. The van der Waals surface area contributed by atoms with Gasteiger partial charge < -0.3 is 9.15 Å². The van der Waals surface area contributed by atoms with Crippen molar-refractivity contribution in [1.29, 1.82) is 0 Å². The zero-order chi connectivity index (χ0) is 12.0. The number of hydrogen-bond donors (Lipinski definition) is 0. The maximum absolute atomic E-state index is 11.1. The zero-order valence-corrected chi connectivity index (χ0v) is 9.60. The zero-order valence-electron chi connectivity index (χ0n) is 9.60. The Kier molecular flexibility index (Phi) is 5.06. The summed E-state index contributed by atoms with van der Waals surface area (Å²) in [5.41, 5.74) is 0.183. The van der Waals surface area contributed by atoms with Crippen LogP contribution in [-0.4, -0.2) is 20.6 Å². The van der Waals surface area contributed by atoms with Crippen LogP contribution in [0, 0.1) is 0 Å². The molecular formula is C12H15BO3. The van der Waals surface area contributed by atoms with E-state index in [1.54, 1.807) is 12.1 Å². The van der Waals surface area contributed by atoms with E-state index in [0.717, 1.165) is 5.22 Å². The highest BCUT2D eigenvalue weighted by molar-refractivity contribution is 6.08. The average Bonchev–Trinajstić information content (AvgIpc) is 2.27. The topological polar surface area (TPSA) is 39.4 Å². The Morgan fingerprint density at radius 3 is 2.94 bits per heavy atom. The van der Waals surface area contributed by atoms with Crippen LogP contribution in [0.2, 0.25) is 6.32 Å². The first-order valence-electron chi connectivity index (χ1n) is 5.27. The Morgan fingerprint density at radius 2 is 2.31 bits per heavy atom. The molecule has 0 aliphatic carbocycles. The predicted molar refractivity (Wildman–Crippen MR) is 64.8 cm³/mol. The first kappa shape index (κ1) is 12.8. The summed E-state index contributed by atoms with van der Waals surface area (Å²) in [6, 6.07) is 3.13. The molecule has 0 bridgehead atoms. The molecule has 0 amide bonds. The lowest BCUT2D eigenvalue weighted by Crippen LogP contribution is -2.30. The van der Waals surface area contributed by atoms with Crippen LogP contribution in [0.5, 0.6) is 0 Å². The third-order valence-electron chi connectivity index (χ3n) is 2.09. The van der Waals surface area contributed by atoms with E-state index < -0.39 is 0 Å². The molecule has 0 fully saturated rings. The van der Waals surface area contributed by atoms with Crippen molar-refractivity contribution >= 4 is 20.0 Å². The van der Waals surface area contributed by atoms with Gasteiger partial charge in [0.1, 0.15) is 5.42 Å². The molecule has 16 heavy (non-hydrogen) atoms. The lowest BCUT2D eigenvalue weighted by molar-refractivity contribution is 0.119. The normalized spacial score (nSPS) is 15.4. The van der Waals surface area contributed by atoms with Gasteiger partial charge in [-0.2, -0.15) is 0 Å². The first-order chi connectivity index (χ1) is 7.67. The van der Waals surface area contributed by atoms with Crippen molar-refractivity contribution in [1.82, 2.24) is 0 Å². The summed E-state index contributed by atoms with van der Waals surface area (Å²) in [7, 11) is 5.33. The third kappa shape index (κ3) is 3.70. The SMILES string of the molecule is [B]CCOC(C)/C=c1/oc(=O)cc/c1=C/C. The summed E-state index contributed by atoms with van der Waals surface area (Å²) < 4.78 is 10.5. The van der Waals surface area contributed by atoms with Crippen LogP contribution in [0.3, 0.4) is 0 Å². The van der Waals surface area contributed by atoms with Crippen molar-refractivity contribution in [3.8, 4) is 0 Å². The minimum Gasteiger partial charge on any atom is -0.423 e. The molecule has 1 aromatic heterocycles. The highest BCUT2D eigenvalue weighted by Gasteiger charge is 1.98. The van der Waals surface area contributed by atoms with Crippen molar-refractivity contribution in [2.24, 2.45) is 0 Å². The average molecular weight is 218 g/mol.